The minimum absolute atomic E-state index is 0.107. The van der Waals surface area contributed by atoms with Crippen molar-refractivity contribution >= 4 is 11.7 Å². The summed E-state index contributed by atoms with van der Waals surface area (Å²) in [6.45, 7) is 11.7. The molecular formula is C24H29NO4. The highest BCUT2D eigenvalue weighted by Crippen LogP contribution is 2.33. The first-order valence-corrected chi connectivity index (χ1v) is 9.85. The summed E-state index contributed by atoms with van der Waals surface area (Å²) in [5.41, 5.74) is 3.80. The number of allylic oxidation sites excluding steroid dienone is 1. The molecule has 1 atom stereocenters. The van der Waals surface area contributed by atoms with Gasteiger partial charge in [0.25, 0.3) is 0 Å². The van der Waals surface area contributed by atoms with Crippen LogP contribution in [0.5, 0.6) is 0 Å². The van der Waals surface area contributed by atoms with Crippen LogP contribution in [-0.4, -0.2) is 29.3 Å². The van der Waals surface area contributed by atoms with Crippen molar-refractivity contribution in [1.29, 1.82) is 0 Å². The molecule has 0 aliphatic carbocycles. The predicted molar refractivity (Wildman–Crippen MR) is 114 cm³/mol. The molecule has 0 spiro atoms. The molecule has 0 radical (unpaired) electrons. The van der Waals surface area contributed by atoms with E-state index in [0.717, 1.165) is 24.4 Å². The quantitative estimate of drug-likeness (QED) is 0.588. The van der Waals surface area contributed by atoms with Gasteiger partial charge in [-0.2, -0.15) is 0 Å². The number of aliphatic hydroxyl groups is 2. The molecule has 3 rings (SSSR count). The first-order valence-electron chi connectivity index (χ1n) is 9.85. The third-order valence-electron chi connectivity index (χ3n) is 5.30. The molecule has 1 aliphatic rings. The Balaban J connectivity index is 1.62. The first-order chi connectivity index (χ1) is 13.7. The maximum atomic E-state index is 12.4. The highest BCUT2D eigenvalue weighted by atomic mass is 16.5. The molecule has 154 valence electrons. The van der Waals surface area contributed by atoms with Gasteiger partial charge < -0.3 is 19.8 Å². The minimum atomic E-state index is -1.71. The molecule has 0 amide bonds. The lowest BCUT2D eigenvalue weighted by atomic mass is 9.87. The van der Waals surface area contributed by atoms with Crippen molar-refractivity contribution in [3.8, 4) is 0 Å². The van der Waals surface area contributed by atoms with E-state index in [9.17, 15) is 15.0 Å². The Morgan fingerprint density at radius 2 is 1.83 bits per heavy atom. The van der Waals surface area contributed by atoms with Gasteiger partial charge in [-0.15, -0.1) is 0 Å². The largest absolute Gasteiger partial charge is 0.462 e. The van der Waals surface area contributed by atoms with Crippen LogP contribution in [0.2, 0.25) is 0 Å². The maximum Gasteiger partial charge on any atom is 0.338 e. The molecule has 29 heavy (non-hydrogen) atoms. The van der Waals surface area contributed by atoms with Gasteiger partial charge in [0.2, 0.25) is 0 Å². The topological polar surface area (TPSA) is 70.0 Å². The van der Waals surface area contributed by atoms with E-state index in [1.807, 2.05) is 0 Å². The van der Waals surface area contributed by atoms with E-state index in [1.165, 1.54) is 17.7 Å². The highest BCUT2D eigenvalue weighted by Gasteiger charge is 2.28. The molecule has 1 aliphatic heterocycles. The van der Waals surface area contributed by atoms with Gasteiger partial charge in [-0.05, 0) is 35.6 Å². The predicted octanol–water partition coefficient (Wildman–Crippen LogP) is 4.16. The summed E-state index contributed by atoms with van der Waals surface area (Å²) >= 11 is 0. The van der Waals surface area contributed by atoms with Crippen LogP contribution in [0.15, 0.2) is 60.8 Å². The number of carbonyl (C=O) groups excluding carboxylic acids is 1. The number of benzene rings is 2. The molecule has 0 saturated carbocycles. The van der Waals surface area contributed by atoms with Crippen LogP contribution in [-0.2, 0) is 10.2 Å². The Morgan fingerprint density at radius 3 is 2.45 bits per heavy atom. The van der Waals surface area contributed by atoms with Gasteiger partial charge in [0.05, 0.1) is 12.2 Å². The number of hydrogen-bond donors (Lipinski definition) is 2. The fourth-order valence-corrected chi connectivity index (χ4v) is 3.62. The Morgan fingerprint density at radius 1 is 1.17 bits per heavy atom. The van der Waals surface area contributed by atoms with Crippen molar-refractivity contribution in [3.63, 3.8) is 0 Å². The average molecular weight is 395 g/mol. The summed E-state index contributed by atoms with van der Waals surface area (Å²) < 4.78 is 5.47. The maximum absolute atomic E-state index is 12.4. The smallest absolute Gasteiger partial charge is 0.338 e. The van der Waals surface area contributed by atoms with E-state index in [0.29, 0.717) is 0 Å². The van der Waals surface area contributed by atoms with Gasteiger partial charge in [-0.3, -0.25) is 0 Å². The normalized spacial score (nSPS) is 17.1. The van der Waals surface area contributed by atoms with E-state index >= 15 is 0 Å². The summed E-state index contributed by atoms with van der Waals surface area (Å²) in [5, 5.41) is 18.9. The molecule has 1 saturated heterocycles. The standard InChI is InChI=1S/C24H29NO4/c1-16-13-17(14-25(16)19-11-9-18(10-12-19)24(2,3)4)15-29-23(28)21-8-6-5-7-20(21)22(26)27/h5-12,17,22,26-27H,1,13-15H2,2-4H3. The van der Waals surface area contributed by atoms with Gasteiger partial charge in [-0.25, -0.2) is 4.79 Å². The lowest BCUT2D eigenvalue weighted by Crippen LogP contribution is -2.22. The number of hydrogen-bond acceptors (Lipinski definition) is 5. The summed E-state index contributed by atoms with van der Waals surface area (Å²) in [5.74, 6) is -0.410. The highest BCUT2D eigenvalue weighted by molar-refractivity contribution is 5.91. The minimum Gasteiger partial charge on any atom is -0.462 e. The van der Waals surface area contributed by atoms with E-state index < -0.39 is 12.3 Å². The first kappa shape index (κ1) is 21.1. The number of rotatable bonds is 5. The Bertz CT molecular complexity index is 880. The molecule has 0 bridgehead atoms. The van der Waals surface area contributed by atoms with Crippen molar-refractivity contribution in [2.24, 2.45) is 5.92 Å². The summed E-state index contributed by atoms with van der Waals surface area (Å²) in [4.78, 5) is 14.6. The van der Waals surface area contributed by atoms with Gasteiger partial charge in [0, 0.05) is 29.4 Å². The monoisotopic (exact) mass is 395 g/mol. The molecule has 2 N–H and O–H groups in total. The van der Waals surface area contributed by atoms with Crippen molar-refractivity contribution < 1.29 is 19.7 Å². The van der Waals surface area contributed by atoms with Crippen LogP contribution >= 0.6 is 0 Å². The van der Waals surface area contributed by atoms with Crippen molar-refractivity contribution in [3.05, 3.63) is 77.5 Å². The number of ether oxygens (including phenoxy) is 1. The van der Waals surface area contributed by atoms with Crippen molar-refractivity contribution in [1.82, 2.24) is 0 Å². The van der Waals surface area contributed by atoms with E-state index in [4.69, 9.17) is 4.74 Å². The zero-order valence-electron chi connectivity index (χ0n) is 17.3. The molecule has 1 fully saturated rings. The van der Waals surface area contributed by atoms with E-state index in [-0.39, 0.29) is 29.1 Å². The third-order valence-corrected chi connectivity index (χ3v) is 5.30. The Kier molecular flexibility index (Phi) is 6.10. The SMILES string of the molecule is C=C1CC(COC(=O)c2ccccc2C(O)O)CN1c1ccc(C(C)(C)C)cc1. The lowest BCUT2D eigenvalue weighted by molar-refractivity contribution is -0.0435. The summed E-state index contributed by atoms with van der Waals surface area (Å²) in [7, 11) is 0. The van der Waals surface area contributed by atoms with Crippen LogP contribution in [0.3, 0.4) is 0 Å². The van der Waals surface area contributed by atoms with E-state index in [2.05, 4.69) is 56.5 Å². The number of aliphatic hydroxyl groups excluding tert-OH is 1. The van der Waals surface area contributed by atoms with Crippen molar-refractivity contribution in [2.75, 3.05) is 18.1 Å². The van der Waals surface area contributed by atoms with Crippen molar-refractivity contribution in [2.45, 2.75) is 38.9 Å². The van der Waals surface area contributed by atoms with Crippen LogP contribution < -0.4 is 4.90 Å². The van der Waals surface area contributed by atoms with Crippen LogP contribution in [0.25, 0.3) is 0 Å². The fourth-order valence-electron chi connectivity index (χ4n) is 3.62. The number of nitrogens with zero attached hydrogens (tertiary/aromatic N) is 1. The zero-order valence-corrected chi connectivity index (χ0v) is 17.3. The molecule has 1 heterocycles. The van der Waals surface area contributed by atoms with Gasteiger partial charge in [-0.1, -0.05) is 57.7 Å². The summed E-state index contributed by atoms with van der Waals surface area (Å²) in [6.07, 6.45) is -0.963. The van der Waals surface area contributed by atoms with Crippen LogP contribution in [0.4, 0.5) is 5.69 Å². The van der Waals surface area contributed by atoms with Gasteiger partial charge >= 0.3 is 5.97 Å². The third kappa shape index (κ3) is 4.86. The molecule has 5 heteroatoms. The van der Waals surface area contributed by atoms with Gasteiger partial charge in [0.1, 0.15) is 0 Å². The zero-order chi connectivity index (χ0) is 21.2. The Hall–Kier alpha value is -2.63. The number of esters is 1. The lowest BCUT2D eigenvalue weighted by Gasteiger charge is -2.23. The molecule has 2 aromatic rings. The molecule has 2 aromatic carbocycles. The number of anilines is 1. The molecular weight excluding hydrogens is 366 g/mol. The fraction of sp³-hybridized carbons (Fsp3) is 0.375. The van der Waals surface area contributed by atoms with Gasteiger partial charge in [0.15, 0.2) is 6.29 Å². The average Bonchev–Trinajstić information content (AvgIpc) is 3.06. The molecule has 5 nitrogen and oxygen atoms in total. The van der Waals surface area contributed by atoms with E-state index in [1.54, 1.807) is 12.1 Å². The van der Waals surface area contributed by atoms with Crippen LogP contribution in [0.1, 0.15) is 55.0 Å². The number of carbonyl (C=O) groups is 1. The second-order valence-electron chi connectivity index (χ2n) is 8.60. The molecule has 0 aromatic heterocycles. The Labute approximate surface area is 172 Å². The molecule has 1 unspecified atom stereocenters. The summed E-state index contributed by atoms with van der Waals surface area (Å²) in [6, 6.07) is 14.9. The second kappa shape index (κ2) is 8.39. The van der Waals surface area contributed by atoms with Crippen LogP contribution in [0, 0.1) is 5.92 Å². The second-order valence-corrected chi connectivity index (χ2v) is 8.60.